The van der Waals surface area contributed by atoms with Gasteiger partial charge in [0.15, 0.2) is 9.84 Å². The van der Waals surface area contributed by atoms with E-state index in [1.165, 1.54) is 0 Å². The van der Waals surface area contributed by atoms with E-state index in [9.17, 15) is 18.3 Å². The van der Waals surface area contributed by atoms with Crippen molar-refractivity contribution in [1.29, 1.82) is 0 Å². The number of benzene rings is 1. The van der Waals surface area contributed by atoms with Crippen molar-refractivity contribution >= 4 is 15.7 Å². The summed E-state index contributed by atoms with van der Waals surface area (Å²) in [6.07, 6.45) is 3.25. The molecule has 0 saturated carbocycles. The summed E-state index contributed by atoms with van der Waals surface area (Å²) in [4.78, 5) is 12.1. The molecule has 5 nitrogen and oxygen atoms in total. The summed E-state index contributed by atoms with van der Waals surface area (Å²) in [7, 11) is -2.96. The Bertz CT molecular complexity index is 700. The van der Waals surface area contributed by atoms with Gasteiger partial charge >= 0.3 is 0 Å². The number of amides is 1. The molecule has 6 heteroatoms. The van der Waals surface area contributed by atoms with Gasteiger partial charge in [-0.05, 0) is 42.7 Å². The zero-order valence-corrected chi connectivity index (χ0v) is 13.9. The van der Waals surface area contributed by atoms with Gasteiger partial charge in [-0.25, -0.2) is 8.42 Å². The van der Waals surface area contributed by atoms with Crippen molar-refractivity contribution in [2.45, 2.75) is 37.7 Å². The average Bonchev–Trinajstić information content (AvgIpc) is 2.85. The first kappa shape index (κ1) is 16.5. The molecule has 2 atom stereocenters. The third-order valence-corrected chi connectivity index (χ3v) is 6.77. The molecule has 1 aliphatic heterocycles. The van der Waals surface area contributed by atoms with Gasteiger partial charge in [0.2, 0.25) is 5.91 Å². The lowest BCUT2D eigenvalue weighted by atomic mass is 9.79. The predicted octanol–water partition coefficient (Wildman–Crippen LogP) is 1.15. The van der Waals surface area contributed by atoms with E-state index in [0.717, 1.165) is 24.0 Å². The van der Waals surface area contributed by atoms with Gasteiger partial charge in [0.1, 0.15) is 5.60 Å². The number of hydrogen-bond acceptors (Lipinski definition) is 4. The van der Waals surface area contributed by atoms with Gasteiger partial charge in [0.05, 0.1) is 18.1 Å². The van der Waals surface area contributed by atoms with E-state index >= 15 is 0 Å². The monoisotopic (exact) mass is 337 g/mol. The smallest absolute Gasteiger partial charge is 0.220 e. The van der Waals surface area contributed by atoms with Crippen LogP contribution in [-0.4, -0.2) is 37.5 Å². The fourth-order valence-corrected chi connectivity index (χ4v) is 5.56. The second-order valence-corrected chi connectivity index (χ2v) is 9.02. The quantitative estimate of drug-likeness (QED) is 0.863. The van der Waals surface area contributed by atoms with Crippen LogP contribution in [0.25, 0.3) is 0 Å². The van der Waals surface area contributed by atoms with E-state index in [1.54, 1.807) is 0 Å². The molecule has 1 aromatic rings. The second-order valence-electron chi connectivity index (χ2n) is 6.79. The summed E-state index contributed by atoms with van der Waals surface area (Å²) in [5, 5.41) is 13.7. The third-order valence-electron chi connectivity index (χ3n) is 4.93. The van der Waals surface area contributed by atoms with E-state index in [4.69, 9.17) is 0 Å². The van der Waals surface area contributed by atoms with Crippen molar-refractivity contribution in [3.8, 4) is 0 Å². The number of fused-ring (bicyclic) bond motifs is 1. The first-order valence-corrected chi connectivity index (χ1v) is 9.98. The summed E-state index contributed by atoms with van der Waals surface area (Å²) in [5.41, 5.74) is 1.01. The van der Waals surface area contributed by atoms with E-state index in [2.05, 4.69) is 5.32 Å². The summed E-state index contributed by atoms with van der Waals surface area (Å²) in [6, 6.07) is 7.80. The number of carbonyl (C=O) groups excluding carboxylic acids is 1. The van der Waals surface area contributed by atoms with E-state index < -0.39 is 15.4 Å². The Morgan fingerprint density at radius 2 is 2.13 bits per heavy atom. The van der Waals surface area contributed by atoms with Crippen molar-refractivity contribution < 1.29 is 18.3 Å². The maximum absolute atomic E-state index is 12.1. The van der Waals surface area contributed by atoms with Crippen LogP contribution in [0.1, 0.15) is 36.8 Å². The minimum Gasteiger partial charge on any atom is -0.383 e. The van der Waals surface area contributed by atoms with Crippen molar-refractivity contribution in [2.75, 3.05) is 18.1 Å². The Hall–Kier alpha value is -1.40. The molecular weight excluding hydrogens is 314 g/mol. The van der Waals surface area contributed by atoms with Gasteiger partial charge in [0.25, 0.3) is 0 Å². The minimum absolute atomic E-state index is 0.0896. The normalized spacial score (nSPS) is 29.0. The number of hydrogen-bond donors (Lipinski definition) is 2. The van der Waals surface area contributed by atoms with Crippen LogP contribution in [0.4, 0.5) is 0 Å². The lowest BCUT2D eigenvalue weighted by Gasteiger charge is -2.34. The molecule has 1 saturated heterocycles. The van der Waals surface area contributed by atoms with Crippen LogP contribution in [0.15, 0.2) is 24.3 Å². The van der Waals surface area contributed by atoms with Crippen LogP contribution in [0.3, 0.4) is 0 Å². The van der Waals surface area contributed by atoms with Crippen LogP contribution in [0, 0.1) is 5.92 Å². The van der Waals surface area contributed by atoms with Gasteiger partial charge in [-0.15, -0.1) is 0 Å². The maximum atomic E-state index is 12.1. The number of sulfone groups is 1. The summed E-state index contributed by atoms with van der Waals surface area (Å²) < 4.78 is 22.9. The highest BCUT2D eigenvalue weighted by Gasteiger charge is 2.35. The van der Waals surface area contributed by atoms with Crippen molar-refractivity contribution in [3.63, 3.8) is 0 Å². The van der Waals surface area contributed by atoms with E-state index in [0.29, 0.717) is 12.8 Å². The summed E-state index contributed by atoms with van der Waals surface area (Å²) >= 11 is 0. The van der Waals surface area contributed by atoms with Gasteiger partial charge < -0.3 is 10.4 Å². The molecule has 0 spiro atoms. The average molecular weight is 337 g/mol. The topological polar surface area (TPSA) is 83.5 Å². The molecule has 1 amide bonds. The molecule has 1 aliphatic carbocycles. The van der Waals surface area contributed by atoms with Gasteiger partial charge in [-0.3, -0.25) is 4.79 Å². The Morgan fingerprint density at radius 3 is 2.87 bits per heavy atom. The number of aliphatic hydroxyl groups is 1. The Kier molecular flexibility index (Phi) is 4.47. The molecule has 0 bridgehead atoms. The summed E-state index contributed by atoms with van der Waals surface area (Å²) in [6.45, 7) is 0.183. The molecule has 1 aromatic carbocycles. The number of rotatable bonds is 4. The van der Waals surface area contributed by atoms with E-state index in [-0.39, 0.29) is 36.3 Å². The molecular formula is C17H23NO4S. The van der Waals surface area contributed by atoms with Crippen molar-refractivity contribution in [3.05, 3.63) is 35.4 Å². The van der Waals surface area contributed by atoms with Crippen molar-refractivity contribution in [1.82, 2.24) is 5.32 Å². The lowest BCUT2D eigenvalue weighted by molar-refractivity contribution is -0.123. The molecule has 3 rings (SSSR count). The van der Waals surface area contributed by atoms with Crippen LogP contribution >= 0.6 is 0 Å². The number of carbonyl (C=O) groups is 1. The molecule has 126 valence electrons. The molecule has 2 N–H and O–H groups in total. The zero-order chi connectivity index (χ0) is 16.5. The maximum Gasteiger partial charge on any atom is 0.220 e. The van der Waals surface area contributed by atoms with Gasteiger partial charge in [-0.2, -0.15) is 0 Å². The fraction of sp³-hybridized carbons (Fsp3) is 0.588. The Morgan fingerprint density at radius 1 is 1.35 bits per heavy atom. The lowest BCUT2D eigenvalue weighted by Crippen LogP contribution is -2.43. The fourth-order valence-electron chi connectivity index (χ4n) is 3.69. The van der Waals surface area contributed by atoms with Crippen LogP contribution in [0.5, 0.6) is 0 Å². The summed E-state index contributed by atoms with van der Waals surface area (Å²) in [5.74, 6) is 0.0207. The number of aryl methyl sites for hydroxylation is 1. The largest absolute Gasteiger partial charge is 0.383 e. The van der Waals surface area contributed by atoms with Crippen LogP contribution in [0.2, 0.25) is 0 Å². The highest BCUT2D eigenvalue weighted by molar-refractivity contribution is 7.91. The number of nitrogens with one attached hydrogen (secondary N) is 1. The van der Waals surface area contributed by atoms with E-state index in [1.807, 2.05) is 24.3 Å². The highest BCUT2D eigenvalue weighted by atomic mass is 32.2. The Labute approximate surface area is 137 Å². The minimum atomic E-state index is -2.96. The van der Waals surface area contributed by atoms with Crippen LogP contribution < -0.4 is 5.32 Å². The molecule has 0 unspecified atom stereocenters. The van der Waals surface area contributed by atoms with Gasteiger partial charge in [0, 0.05) is 6.42 Å². The molecule has 0 aromatic heterocycles. The second kappa shape index (κ2) is 6.24. The standard InChI is InChI=1S/C17H23NO4S/c19-16(10-13-7-9-23(21,22)11-13)18-12-17(20)8-3-5-14-4-1-2-6-15(14)17/h1-2,4,6,13,20H,3,5,7-12H2,(H,18,19)/t13-,17-/m0/s1. The van der Waals surface area contributed by atoms with Gasteiger partial charge in [-0.1, -0.05) is 24.3 Å². The molecule has 23 heavy (non-hydrogen) atoms. The van der Waals surface area contributed by atoms with Crippen LogP contribution in [-0.2, 0) is 26.7 Å². The SMILES string of the molecule is O=C(C[C@@H]1CCS(=O)(=O)C1)NC[C@@]1(O)CCCc2ccccc21. The highest BCUT2D eigenvalue weighted by Crippen LogP contribution is 2.34. The van der Waals surface area contributed by atoms with Crippen molar-refractivity contribution in [2.24, 2.45) is 5.92 Å². The first-order chi connectivity index (χ1) is 10.9. The molecule has 2 aliphatic rings. The molecule has 1 heterocycles. The molecule has 0 radical (unpaired) electrons. The molecule has 1 fully saturated rings. The third kappa shape index (κ3) is 3.75. The Balaban J connectivity index is 1.59. The predicted molar refractivity (Wildman–Crippen MR) is 87.7 cm³/mol. The zero-order valence-electron chi connectivity index (χ0n) is 13.1. The first-order valence-electron chi connectivity index (χ1n) is 8.16.